The Hall–Kier alpha value is -1.09. The van der Waals surface area contributed by atoms with E-state index in [4.69, 9.17) is 4.74 Å². The van der Waals surface area contributed by atoms with Gasteiger partial charge in [-0.05, 0) is 45.3 Å². The van der Waals surface area contributed by atoms with E-state index in [9.17, 15) is 0 Å². The lowest BCUT2D eigenvalue weighted by Gasteiger charge is -2.36. The highest BCUT2D eigenvalue weighted by Crippen LogP contribution is 2.34. The smallest absolute Gasteiger partial charge is 0.218 e. The van der Waals surface area contributed by atoms with Crippen LogP contribution in [-0.4, -0.2) is 29.6 Å². The Kier molecular flexibility index (Phi) is 5.00. The molecule has 0 bridgehead atoms. The molecule has 3 nitrogen and oxygen atoms in total. The molecule has 1 saturated heterocycles. The molecule has 2 heterocycles. The second kappa shape index (κ2) is 6.74. The third-order valence-corrected chi connectivity index (χ3v) is 3.57. The maximum Gasteiger partial charge on any atom is 0.218 e. The Balaban J connectivity index is 2.21. The minimum Gasteiger partial charge on any atom is -0.478 e. The first-order valence-electron chi connectivity index (χ1n) is 7.18. The maximum atomic E-state index is 5.68. The monoisotopic (exact) mass is 248 g/mol. The molecule has 1 aliphatic rings. The van der Waals surface area contributed by atoms with Crippen LogP contribution in [0.3, 0.4) is 0 Å². The van der Waals surface area contributed by atoms with Crippen molar-refractivity contribution in [2.45, 2.75) is 45.6 Å². The lowest BCUT2D eigenvalue weighted by molar-refractivity contribution is 0.144. The van der Waals surface area contributed by atoms with Gasteiger partial charge in [-0.25, -0.2) is 4.98 Å². The molecule has 1 atom stereocenters. The van der Waals surface area contributed by atoms with E-state index in [0.717, 1.165) is 5.88 Å². The van der Waals surface area contributed by atoms with E-state index >= 15 is 0 Å². The zero-order valence-electron chi connectivity index (χ0n) is 11.6. The van der Waals surface area contributed by atoms with E-state index in [1.807, 2.05) is 19.2 Å². The lowest BCUT2D eigenvalue weighted by Crippen LogP contribution is -2.34. The summed E-state index contributed by atoms with van der Waals surface area (Å²) in [6, 6.07) is 4.70. The summed E-state index contributed by atoms with van der Waals surface area (Å²) in [5, 5.41) is 0. The second-order valence-corrected chi connectivity index (χ2v) is 4.88. The van der Waals surface area contributed by atoms with E-state index < -0.39 is 0 Å². The van der Waals surface area contributed by atoms with Crippen LogP contribution in [0.2, 0.25) is 0 Å². The summed E-state index contributed by atoms with van der Waals surface area (Å²) in [6.45, 7) is 7.33. The Morgan fingerprint density at radius 3 is 3.06 bits per heavy atom. The van der Waals surface area contributed by atoms with Crippen molar-refractivity contribution in [2.24, 2.45) is 0 Å². The van der Waals surface area contributed by atoms with Gasteiger partial charge in [0.15, 0.2) is 0 Å². The second-order valence-electron chi connectivity index (χ2n) is 4.88. The number of likely N-dealkylation sites (tertiary alicyclic amines) is 1. The van der Waals surface area contributed by atoms with Gasteiger partial charge in [0.25, 0.3) is 0 Å². The average Bonchev–Trinajstić information content (AvgIpc) is 2.41. The fourth-order valence-electron chi connectivity index (χ4n) is 2.81. The highest BCUT2D eigenvalue weighted by atomic mass is 16.5. The molecule has 0 N–H and O–H groups in total. The molecule has 3 heteroatoms. The summed E-state index contributed by atoms with van der Waals surface area (Å²) >= 11 is 0. The van der Waals surface area contributed by atoms with Crippen molar-refractivity contribution in [1.82, 2.24) is 9.88 Å². The molecule has 1 fully saturated rings. The molecule has 1 aromatic rings. The van der Waals surface area contributed by atoms with E-state index in [2.05, 4.69) is 22.9 Å². The van der Waals surface area contributed by atoms with Crippen LogP contribution in [0.4, 0.5) is 0 Å². The zero-order chi connectivity index (χ0) is 12.8. The van der Waals surface area contributed by atoms with Gasteiger partial charge in [-0.3, -0.25) is 4.90 Å². The number of rotatable bonds is 5. The molecule has 0 radical (unpaired) electrons. The SMILES string of the molecule is CCCN1CCCCC1c1cccnc1OCC. The van der Waals surface area contributed by atoms with Gasteiger partial charge in [-0.15, -0.1) is 0 Å². The van der Waals surface area contributed by atoms with Crippen LogP contribution < -0.4 is 4.74 Å². The molecule has 0 aromatic carbocycles. The third-order valence-electron chi connectivity index (χ3n) is 3.57. The maximum absolute atomic E-state index is 5.68. The quantitative estimate of drug-likeness (QED) is 0.798. The number of ether oxygens (including phenoxy) is 1. The fraction of sp³-hybridized carbons (Fsp3) is 0.667. The third kappa shape index (κ3) is 3.02. The molecule has 0 aliphatic carbocycles. The van der Waals surface area contributed by atoms with Gasteiger partial charge < -0.3 is 4.74 Å². The number of aromatic nitrogens is 1. The van der Waals surface area contributed by atoms with Crippen molar-refractivity contribution >= 4 is 0 Å². The summed E-state index contributed by atoms with van der Waals surface area (Å²) in [4.78, 5) is 6.98. The van der Waals surface area contributed by atoms with Crippen molar-refractivity contribution in [1.29, 1.82) is 0 Å². The predicted molar refractivity (Wildman–Crippen MR) is 73.9 cm³/mol. The minimum absolute atomic E-state index is 0.494. The molecule has 0 amide bonds. The lowest BCUT2D eigenvalue weighted by atomic mass is 9.95. The van der Waals surface area contributed by atoms with E-state index in [1.165, 1.54) is 44.3 Å². The van der Waals surface area contributed by atoms with Gasteiger partial charge in [0.05, 0.1) is 6.61 Å². The van der Waals surface area contributed by atoms with Crippen LogP contribution in [0.5, 0.6) is 5.88 Å². The minimum atomic E-state index is 0.494. The van der Waals surface area contributed by atoms with Crippen LogP contribution in [0.15, 0.2) is 18.3 Å². The first-order chi connectivity index (χ1) is 8.86. The van der Waals surface area contributed by atoms with Crippen LogP contribution in [0.1, 0.15) is 51.1 Å². The highest BCUT2D eigenvalue weighted by Gasteiger charge is 2.26. The Bertz CT molecular complexity index is 365. The Morgan fingerprint density at radius 2 is 2.28 bits per heavy atom. The standard InChI is InChI=1S/C15H24N2O/c1-3-11-17-12-6-5-9-14(17)13-8-7-10-16-15(13)18-4-2/h7-8,10,14H,3-6,9,11-12H2,1-2H3. The molecular formula is C15H24N2O. The molecule has 18 heavy (non-hydrogen) atoms. The van der Waals surface area contributed by atoms with Crippen LogP contribution >= 0.6 is 0 Å². The summed E-state index contributed by atoms with van der Waals surface area (Å²) in [7, 11) is 0. The van der Waals surface area contributed by atoms with Crippen molar-refractivity contribution in [3.05, 3.63) is 23.9 Å². The summed E-state index contributed by atoms with van der Waals surface area (Å²) < 4.78 is 5.68. The molecule has 0 saturated carbocycles. The molecule has 0 spiro atoms. The molecule has 2 rings (SSSR count). The average molecular weight is 248 g/mol. The van der Waals surface area contributed by atoms with Crippen molar-refractivity contribution in [2.75, 3.05) is 19.7 Å². The molecule has 100 valence electrons. The van der Waals surface area contributed by atoms with Crippen molar-refractivity contribution in [3.8, 4) is 5.88 Å². The largest absolute Gasteiger partial charge is 0.478 e. The predicted octanol–water partition coefficient (Wildman–Crippen LogP) is 3.42. The summed E-state index contributed by atoms with van der Waals surface area (Å²) in [6.07, 6.45) is 6.89. The summed E-state index contributed by atoms with van der Waals surface area (Å²) in [5.41, 5.74) is 1.27. The number of piperidine rings is 1. The molecule has 1 aliphatic heterocycles. The first kappa shape index (κ1) is 13.3. The molecule has 1 aromatic heterocycles. The van der Waals surface area contributed by atoms with Crippen molar-refractivity contribution < 1.29 is 4.74 Å². The first-order valence-corrected chi connectivity index (χ1v) is 7.18. The van der Waals surface area contributed by atoms with Gasteiger partial charge in [0.1, 0.15) is 0 Å². The highest BCUT2D eigenvalue weighted by molar-refractivity contribution is 5.29. The number of hydrogen-bond acceptors (Lipinski definition) is 3. The van der Waals surface area contributed by atoms with Crippen molar-refractivity contribution in [3.63, 3.8) is 0 Å². The summed E-state index contributed by atoms with van der Waals surface area (Å²) in [5.74, 6) is 0.827. The zero-order valence-corrected chi connectivity index (χ0v) is 11.6. The van der Waals surface area contributed by atoms with Crippen LogP contribution in [0, 0.1) is 0 Å². The van der Waals surface area contributed by atoms with E-state index in [1.54, 1.807) is 0 Å². The van der Waals surface area contributed by atoms with E-state index in [-0.39, 0.29) is 0 Å². The Labute approximate surface area is 110 Å². The van der Waals surface area contributed by atoms with Crippen LogP contribution in [-0.2, 0) is 0 Å². The number of nitrogens with zero attached hydrogens (tertiary/aromatic N) is 2. The van der Waals surface area contributed by atoms with Gasteiger partial charge in [0.2, 0.25) is 5.88 Å². The van der Waals surface area contributed by atoms with Gasteiger partial charge in [-0.2, -0.15) is 0 Å². The normalized spacial score (nSPS) is 20.9. The molecule has 1 unspecified atom stereocenters. The Morgan fingerprint density at radius 1 is 1.39 bits per heavy atom. The van der Waals surface area contributed by atoms with Gasteiger partial charge >= 0.3 is 0 Å². The van der Waals surface area contributed by atoms with E-state index in [0.29, 0.717) is 12.6 Å². The number of pyridine rings is 1. The fourth-order valence-corrected chi connectivity index (χ4v) is 2.81. The van der Waals surface area contributed by atoms with Gasteiger partial charge in [0, 0.05) is 17.8 Å². The van der Waals surface area contributed by atoms with Crippen LogP contribution in [0.25, 0.3) is 0 Å². The molecular weight excluding hydrogens is 224 g/mol. The van der Waals surface area contributed by atoms with Gasteiger partial charge in [-0.1, -0.05) is 19.4 Å². The topological polar surface area (TPSA) is 25.4 Å². The number of hydrogen-bond donors (Lipinski definition) is 0.